The van der Waals surface area contributed by atoms with Crippen LogP contribution in [-0.2, 0) is 11.3 Å². The molecule has 3 rings (SSSR count). The molecular weight excluding hydrogens is 455 g/mol. The molecule has 0 saturated carbocycles. The van der Waals surface area contributed by atoms with Crippen molar-refractivity contribution in [1.29, 1.82) is 0 Å². The Labute approximate surface area is 171 Å². The Morgan fingerprint density at radius 2 is 2.03 bits per heavy atom. The molecule has 1 aromatic carbocycles. The Morgan fingerprint density at radius 3 is 2.69 bits per heavy atom. The van der Waals surface area contributed by atoms with Crippen molar-refractivity contribution in [3.63, 3.8) is 0 Å². The first-order chi connectivity index (χ1) is 13.6. The monoisotopic (exact) mass is 469 g/mol. The summed E-state index contributed by atoms with van der Waals surface area (Å²) in [4.78, 5) is 32.8. The van der Waals surface area contributed by atoms with E-state index < -0.39 is 30.1 Å². The number of hydrogen-bond acceptors (Lipinski definition) is 5. The molecule has 1 N–H and O–H groups in total. The third-order valence-corrected chi connectivity index (χ3v) is 4.79. The molecule has 0 aliphatic rings. The van der Waals surface area contributed by atoms with E-state index in [1.54, 1.807) is 13.0 Å². The van der Waals surface area contributed by atoms with Crippen LogP contribution in [0.2, 0.25) is 0 Å². The van der Waals surface area contributed by atoms with E-state index >= 15 is 0 Å². The molecule has 29 heavy (non-hydrogen) atoms. The van der Waals surface area contributed by atoms with Crippen LogP contribution in [0.4, 0.5) is 19.0 Å². The number of carbonyl (C=O) groups is 1. The summed E-state index contributed by atoms with van der Waals surface area (Å²) in [6, 6.07) is 4.36. The number of benzene rings is 1. The number of nitrogens with one attached hydrogen (secondary N) is 1. The van der Waals surface area contributed by atoms with Gasteiger partial charge in [-0.25, -0.2) is 14.6 Å². The summed E-state index contributed by atoms with van der Waals surface area (Å²) in [5, 5.41) is 6.51. The van der Waals surface area contributed by atoms with Gasteiger partial charge < -0.3 is 5.32 Å². The van der Waals surface area contributed by atoms with Gasteiger partial charge in [-0.3, -0.25) is 9.59 Å². The van der Waals surface area contributed by atoms with Crippen LogP contribution in [0.15, 0.2) is 40.0 Å². The zero-order valence-electron chi connectivity index (χ0n) is 15.3. The molecule has 1 unspecified atom stereocenters. The molecule has 0 bridgehead atoms. The lowest BCUT2D eigenvalue weighted by atomic mass is 10.0. The quantitative estimate of drug-likeness (QED) is 0.630. The zero-order valence-corrected chi connectivity index (χ0v) is 16.9. The molecule has 7 nitrogen and oxygen atoms in total. The SMILES string of the molecule is Cc1cncnc1NC(=O)Cn1nc(C(C)C(F)(F)F)c2cc(Br)ccc2c1=O. The van der Waals surface area contributed by atoms with Gasteiger partial charge in [0, 0.05) is 21.6 Å². The van der Waals surface area contributed by atoms with Gasteiger partial charge in [0.1, 0.15) is 18.7 Å². The number of aromatic nitrogens is 4. The largest absolute Gasteiger partial charge is 0.397 e. The van der Waals surface area contributed by atoms with Crippen molar-refractivity contribution >= 4 is 38.4 Å². The molecule has 0 fully saturated rings. The highest BCUT2D eigenvalue weighted by Gasteiger charge is 2.39. The van der Waals surface area contributed by atoms with Crippen LogP contribution in [0.5, 0.6) is 0 Å². The summed E-state index contributed by atoms with van der Waals surface area (Å²) in [6.45, 7) is 2.07. The minimum Gasteiger partial charge on any atom is -0.309 e. The zero-order chi connectivity index (χ0) is 21.3. The first-order valence-electron chi connectivity index (χ1n) is 8.41. The molecule has 152 valence electrons. The third-order valence-electron chi connectivity index (χ3n) is 4.30. The van der Waals surface area contributed by atoms with E-state index in [0.29, 0.717) is 10.0 Å². The highest BCUT2D eigenvalue weighted by Crippen LogP contribution is 2.36. The number of aryl methyl sites for hydroxylation is 1. The predicted octanol–water partition coefficient (Wildman–Crippen LogP) is 3.56. The van der Waals surface area contributed by atoms with E-state index in [0.717, 1.165) is 11.6 Å². The molecule has 0 saturated heterocycles. The Kier molecular flexibility index (Phi) is 5.69. The molecule has 0 spiro atoms. The number of anilines is 1. The van der Waals surface area contributed by atoms with Crippen molar-refractivity contribution in [2.45, 2.75) is 32.5 Å². The topological polar surface area (TPSA) is 89.8 Å². The average Bonchev–Trinajstić information content (AvgIpc) is 2.64. The predicted molar refractivity (Wildman–Crippen MR) is 104 cm³/mol. The van der Waals surface area contributed by atoms with Crippen molar-refractivity contribution in [3.05, 3.63) is 56.8 Å². The van der Waals surface area contributed by atoms with Crippen molar-refractivity contribution in [1.82, 2.24) is 19.7 Å². The third kappa shape index (κ3) is 4.44. The summed E-state index contributed by atoms with van der Waals surface area (Å²) >= 11 is 3.20. The Morgan fingerprint density at radius 1 is 1.31 bits per heavy atom. The average molecular weight is 470 g/mol. The summed E-state index contributed by atoms with van der Waals surface area (Å²) in [6.07, 6.45) is -1.83. The highest BCUT2D eigenvalue weighted by atomic mass is 79.9. The van der Waals surface area contributed by atoms with E-state index in [2.05, 4.69) is 36.3 Å². The number of alkyl halides is 3. The van der Waals surface area contributed by atoms with Gasteiger partial charge in [-0.1, -0.05) is 15.9 Å². The Bertz CT molecular complexity index is 1150. The van der Waals surface area contributed by atoms with Gasteiger partial charge in [-0.15, -0.1) is 0 Å². The molecule has 0 aliphatic carbocycles. The van der Waals surface area contributed by atoms with Crippen LogP contribution >= 0.6 is 15.9 Å². The second-order valence-corrected chi connectivity index (χ2v) is 7.32. The second kappa shape index (κ2) is 7.90. The molecule has 1 atom stereocenters. The maximum absolute atomic E-state index is 13.4. The second-order valence-electron chi connectivity index (χ2n) is 6.40. The number of carbonyl (C=O) groups excluding carboxylic acids is 1. The normalized spacial score (nSPS) is 12.8. The Balaban J connectivity index is 2.05. The number of amides is 1. The minimum absolute atomic E-state index is 0.0420. The van der Waals surface area contributed by atoms with Gasteiger partial charge >= 0.3 is 6.18 Å². The number of halogens is 4. The van der Waals surface area contributed by atoms with Gasteiger partial charge in [0.05, 0.1) is 17.0 Å². The van der Waals surface area contributed by atoms with Crippen LogP contribution in [0.3, 0.4) is 0 Å². The Hall–Kier alpha value is -2.82. The fourth-order valence-electron chi connectivity index (χ4n) is 2.70. The van der Waals surface area contributed by atoms with Crippen molar-refractivity contribution in [3.8, 4) is 0 Å². The van der Waals surface area contributed by atoms with Crippen molar-refractivity contribution in [2.75, 3.05) is 5.32 Å². The summed E-state index contributed by atoms with van der Waals surface area (Å²) in [7, 11) is 0. The minimum atomic E-state index is -4.56. The molecule has 0 aliphatic heterocycles. The lowest BCUT2D eigenvalue weighted by Crippen LogP contribution is -2.32. The maximum atomic E-state index is 13.4. The van der Waals surface area contributed by atoms with Gasteiger partial charge in [-0.05, 0) is 32.0 Å². The lowest BCUT2D eigenvalue weighted by molar-refractivity contribution is -0.147. The van der Waals surface area contributed by atoms with Crippen LogP contribution in [0.1, 0.15) is 24.1 Å². The summed E-state index contributed by atoms with van der Waals surface area (Å²) in [5.74, 6) is -2.34. The molecule has 11 heteroatoms. The molecule has 0 radical (unpaired) electrons. The fraction of sp³-hybridized carbons (Fsp3) is 0.278. The first kappa shape index (κ1) is 20.9. The van der Waals surface area contributed by atoms with Gasteiger partial charge in [0.2, 0.25) is 5.91 Å². The number of fused-ring (bicyclic) bond motifs is 1. The summed E-state index contributed by atoms with van der Waals surface area (Å²) in [5.41, 5.74) is -0.407. The van der Waals surface area contributed by atoms with E-state index in [1.807, 2.05) is 0 Å². The van der Waals surface area contributed by atoms with Gasteiger partial charge in [0.15, 0.2) is 0 Å². The van der Waals surface area contributed by atoms with Crippen LogP contribution < -0.4 is 10.9 Å². The van der Waals surface area contributed by atoms with E-state index in [4.69, 9.17) is 0 Å². The van der Waals surface area contributed by atoms with Crippen molar-refractivity contribution < 1.29 is 18.0 Å². The number of hydrogen-bond donors (Lipinski definition) is 1. The van der Waals surface area contributed by atoms with E-state index in [-0.39, 0.29) is 22.3 Å². The van der Waals surface area contributed by atoms with Crippen molar-refractivity contribution in [2.24, 2.45) is 0 Å². The molecule has 3 aromatic rings. The standard InChI is InChI=1S/C18H15BrF3N5O2/c1-9-6-23-8-24-16(9)25-14(28)7-27-17(29)12-4-3-11(19)5-13(12)15(26-27)10(2)18(20,21)22/h3-6,8,10H,7H2,1-2H3,(H,23,24,25,28). The van der Waals surface area contributed by atoms with E-state index in [9.17, 15) is 22.8 Å². The van der Waals surface area contributed by atoms with Crippen LogP contribution in [-0.4, -0.2) is 31.8 Å². The van der Waals surface area contributed by atoms with Crippen LogP contribution in [0.25, 0.3) is 10.8 Å². The summed E-state index contributed by atoms with van der Waals surface area (Å²) < 4.78 is 41.3. The fourth-order valence-corrected chi connectivity index (χ4v) is 3.06. The number of nitrogens with zero attached hydrogens (tertiary/aromatic N) is 4. The van der Waals surface area contributed by atoms with Gasteiger partial charge in [-0.2, -0.15) is 18.3 Å². The molecule has 2 aromatic heterocycles. The smallest absolute Gasteiger partial charge is 0.309 e. The van der Waals surface area contributed by atoms with E-state index in [1.165, 1.54) is 24.7 Å². The maximum Gasteiger partial charge on any atom is 0.397 e. The first-order valence-corrected chi connectivity index (χ1v) is 9.20. The number of rotatable bonds is 4. The van der Waals surface area contributed by atoms with Gasteiger partial charge in [0.25, 0.3) is 5.56 Å². The lowest BCUT2D eigenvalue weighted by Gasteiger charge is -2.18. The highest BCUT2D eigenvalue weighted by molar-refractivity contribution is 9.10. The molecule has 1 amide bonds. The van der Waals surface area contributed by atoms with Crippen LogP contribution in [0, 0.1) is 6.92 Å². The molecule has 2 heterocycles. The molecular formula is C18H15BrF3N5O2.